The molecule has 12 heteroatoms. The van der Waals surface area contributed by atoms with Gasteiger partial charge in [-0.15, -0.1) is 0 Å². The molecule has 1 aromatic carbocycles. The Bertz CT molecular complexity index is 766. The highest BCUT2D eigenvalue weighted by Crippen LogP contribution is 2.11. The lowest BCUT2D eigenvalue weighted by molar-refractivity contribution is -0.143. The van der Waals surface area contributed by atoms with Crippen LogP contribution in [0.2, 0.25) is 0 Å². The second-order valence-electron chi connectivity index (χ2n) is 6.04. The summed E-state index contributed by atoms with van der Waals surface area (Å²) in [6.07, 6.45) is -0.681. The van der Waals surface area contributed by atoms with Gasteiger partial charge < -0.3 is 37.6 Å². The molecule has 0 radical (unpaired) electrons. The normalized spacial score (nSPS) is 12.3. The number of carbonyl (C=O) groups excluding carboxylic acids is 4. The van der Waals surface area contributed by atoms with Gasteiger partial charge in [-0.25, -0.2) is 4.79 Å². The number of carboxylic acid groups (broad SMARTS) is 1. The Morgan fingerprint density at radius 3 is 2.10 bits per heavy atom. The number of phenols is 1. The van der Waals surface area contributed by atoms with E-state index < -0.39 is 54.6 Å². The zero-order valence-electron chi connectivity index (χ0n) is 15.4. The number of nitrogens with two attached hydrogens (primary N) is 2. The minimum Gasteiger partial charge on any atom is -0.508 e. The molecular formula is C17H23N5O7. The number of aromatic hydroxyl groups is 1. The second kappa shape index (κ2) is 11.2. The van der Waals surface area contributed by atoms with E-state index in [9.17, 15) is 29.1 Å². The number of nitrogens with one attached hydrogen (secondary N) is 3. The number of carbonyl (C=O) groups is 5. The minimum absolute atomic E-state index is 0.00400. The van der Waals surface area contributed by atoms with Crippen LogP contribution in [-0.4, -0.2) is 65.0 Å². The largest absolute Gasteiger partial charge is 0.508 e. The lowest BCUT2D eigenvalue weighted by Gasteiger charge is -2.21. The maximum atomic E-state index is 12.5. The quantitative estimate of drug-likeness (QED) is 0.199. The van der Waals surface area contributed by atoms with Crippen LogP contribution in [0.25, 0.3) is 0 Å². The highest BCUT2D eigenvalue weighted by Gasteiger charge is 2.28. The molecule has 0 aliphatic rings. The van der Waals surface area contributed by atoms with Gasteiger partial charge in [0, 0.05) is 6.42 Å². The Balaban J connectivity index is 2.92. The van der Waals surface area contributed by atoms with Crippen LogP contribution >= 0.6 is 0 Å². The first kappa shape index (κ1) is 23.4. The Morgan fingerprint density at radius 2 is 1.59 bits per heavy atom. The van der Waals surface area contributed by atoms with Gasteiger partial charge in [0.15, 0.2) is 0 Å². The summed E-state index contributed by atoms with van der Waals surface area (Å²) < 4.78 is 0. The van der Waals surface area contributed by atoms with Crippen molar-refractivity contribution < 1.29 is 34.2 Å². The molecule has 0 aromatic heterocycles. The molecule has 0 spiro atoms. The predicted molar refractivity (Wildman–Crippen MR) is 99.2 cm³/mol. The van der Waals surface area contributed by atoms with E-state index in [0.29, 0.717) is 5.56 Å². The van der Waals surface area contributed by atoms with Gasteiger partial charge in [-0.1, -0.05) is 12.1 Å². The fourth-order valence-electron chi connectivity index (χ4n) is 2.25. The number of carboxylic acids is 1. The number of hydrogen-bond acceptors (Lipinski definition) is 7. The highest BCUT2D eigenvalue weighted by atomic mass is 16.4. The molecule has 158 valence electrons. The van der Waals surface area contributed by atoms with Gasteiger partial charge >= 0.3 is 5.97 Å². The van der Waals surface area contributed by atoms with Gasteiger partial charge in [0.25, 0.3) is 0 Å². The van der Waals surface area contributed by atoms with E-state index in [1.165, 1.54) is 24.3 Å². The van der Waals surface area contributed by atoms with Crippen LogP contribution in [0.3, 0.4) is 0 Å². The smallest absolute Gasteiger partial charge is 0.326 e. The van der Waals surface area contributed by atoms with Gasteiger partial charge in [-0.3, -0.25) is 19.2 Å². The molecule has 0 bridgehead atoms. The van der Waals surface area contributed by atoms with Crippen LogP contribution < -0.4 is 27.4 Å². The van der Waals surface area contributed by atoms with E-state index in [1.54, 1.807) is 0 Å². The molecule has 1 aromatic rings. The molecule has 0 aliphatic carbocycles. The number of amides is 4. The zero-order valence-corrected chi connectivity index (χ0v) is 15.4. The van der Waals surface area contributed by atoms with Crippen molar-refractivity contribution in [2.24, 2.45) is 11.5 Å². The molecule has 0 fully saturated rings. The second-order valence-corrected chi connectivity index (χ2v) is 6.04. The third-order valence-electron chi connectivity index (χ3n) is 3.68. The van der Waals surface area contributed by atoms with E-state index in [2.05, 4.69) is 16.0 Å². The van der Waals surface area contributed by atoms with Gasteiger partial charge in [0.05, 0.1) is 19.5 Å². The summed E-state index contributed by atoms with van der Waals surface area (Å²) in [5.41, 5.74) is 10.7. The molecule has 29 heavy (non-hydrogen) atoms. The van der Waals surface area contributed by atoms with E-state index in [0.717, 1.165) is 0 Å². The Kier molecular flexibility index (Phi) is 9.05. The number of benzene rings is 1. The Labute approximate surface area is 165 Å². The van der Waals surface area contributed by atoms with Crippen molar-refractivity contribution in [3.63, 3.8) is 0 Å². The van der Waals surface area contributed by atoms with Crippen molar-refractivity contribution in [2.45, 2.75) is 24.9 Å². The average molecular weight is 409 g/mol. The lowest BCUT2D eigenvalue weighted by atomic mass is 10.0. The van der Waals surface area contributed by atoms with Crippen molar-refractivity contribution >= 4 is 29.6 Å². The summed E-state index contributed by atoms with van der Waals surface area (Å²) in [7, 11) is 0. The van der Waals surface area contributed by atoms with Crippen molar-refractivity contribution in [1.29, 1.82) is 0 Å². The molecule has 0 heterocycles. The molecule has 2 atom stereocenters. The first-order valence-electron chi connectivity index (χ1n) is 8.48. The van der Waals surface area contributed by atoms with Crippen molar-refractivity contribution in [3.8, 4) is 5.75 Å². The first-order chi connectivity index (χ1) is 13.6. The number of aliphatic carboxylic acids is 1. The summed E-state index contributed by atoms with van der Waals surface area (Å²) >= 11 is 0. The monoisotopic (exact) mass is 409 g/mol. The Morgan fingerprint density at radius 1 is 0.966 bits per heavy atom. The fraction of sp³-hybridized carbons (Fsp3) is 0.353. The lowest BCUT2D eigenvalue weighted by Crippen LogP contribution is -2.54. The fourth-order valence-corrected chi connectivity index (χ4v) is 2.25. The van der Waals surface area contributed by atoms with Crippen molar-refractivity contribution in [3.05, 3.63) is 29.8 Å². The van der Waals surface area contributed by atoms with Crippen molar-refractivity contribution in [1.82, 2.24) is 16.0 Å². The molecule has 2 unspecified atom stereocenters. The number of primary amides is 1. The molecule has 0 aliphatic heterocycles. The molecule has 1 rings (SSSR count). The maximum Gasteiger partial charge on any atom is 0.326 e. The topological polar surface area (TPSA) is 214 Å². The minimum atomic E-state index is -1.57. The zero-order chi connectivity index (χ0) is 22.0. The SMILES string of the molecule is NCC(=O)NCC(=O)NC(Cc1ccc(O)cc1)C(=O)NC(CC(N)=O)C(=O)O. The van der Waals surface area contributed by atoms with E-state index in [1.807, 2.05) is 0 Å². The first-order valence-corrected chi connectivity index (χ1v) is 8.48. The van der Waals surface area contributed by atoms with Crippen LogP contribution in [0.4, 0.5) is 0 Å². The molecule has 0 saturated heterocycles. The average Bonchev–Trinajstić information content (AvgIpc) is 2.66. The van der Waals surface area contributed by atoms with Crippen molar-refractivity contribution in [2.75, 3.05) is 13.1 Å². The summed E-state index contributed by atoms with van der Waals surface area (Å²) in [5, 5.41) is 25.2. The third-order valence-corrected chi connectivity index (χ3v) is 3.68. The molecular weight excluding hydrogens is 386 g/mol. The molecule has 4 amide bonds. The third kappa shape index (κ3) is 8.71. The van der Waals surface area contributed by atoms with E-state index in [-0.39, 0.29) is 18.7 Å². The standard InChI is InChI=1S/C17H23N5O7/c18-7-14(25)20-8-15(26)21-11(5-9-1-3-10(23)4-2-9)16(27)22-12(17(28)29)6-13(19)24/h1-4,11-12,23H,5-8,18H2,(H2,19,24)(H,20,25)(H,21,26)(H,22,27)(H,28,29). The molecule has 0 saturated carbocycles. The van der Waals surface area contributed by atoms with Crippen LogP contribution in [0.5, 0.6) is 5.75 Å². The predicted octanol–water partition coefficient (Wildman–Crippen LogP) is -3.06. The van der Waals surface area contributed by atoms with Gasteiger partial charge in [0.2, 0.25) is 23.6 Å². The van der Waals surface area contributed by atoms with Gasteiger partial charge in [0.1, 0.15) is 17.8 Å². The van der Waals surface area contributed by atoms with Gasteiger partial charge in [-0.05, 0) is 17.7 Å². The summed E-state index contributed by atoms with van der Waals surface area (Å²) in [5.74, 6) is -4.57. The molecule has 9 N–H and O–H groups in total. The summed E-state index contributed by atoms with van der Waals surface area (Å²) in [6.45, 7) is -0.767. The maximum absolute atomic E-state index is 12.5. The summed E-state index contributed by atoms with van der Waals surface area (Å²) in [4.78, 5) is 58.0. The number of hydrogen-bond donors (Lipinski definition) is 7. The number of rotatable bonds is 11. The highest BCUT2D eigenvalue weighted by molar-refractivity contribution is 5.93. The van der Waals surface area contributed by atoms with E-state index >= 15 is 0 Å². The van der Waals surface area contributed by atoms with Gasteiger partial charge in [-0.2, -0.15) is 0 Å². The van der Waals surface area contributed by atoms with Crippen LogP contribution in [0, 0.1) is 0 Å². The van der Waals surface area contributed by atoms with Crippen LogP contribution in [0.1, 0.15) is 12.0 Å². The Hall–Kier alpha value is -3.67. The van der Waals surface area contributed by atoms with Crippen LogP contribution in [0.15, 0.2) is 24.3 Å². The van der Waals surface area contributed by atoms with Crippen LogP contribution in [-0.2, 0) is 30.4 Å². The number of phenolic OH excluding ortho intramolecular Hbond substituents is 1. The van der Waals surface area contributed by atoms with E-state index in [4.69, 9.17) is 16.6 Å². The molecule has 12 nitrogen and oxygen atoms in total. The summed E-state index contributed by atoms with van der Waals surface area (Å²) in [6, 6.07) is 2.97.